The third kappa shape index (κ3) is 4.31. The predicted molar refractivity (Wildman–Crippen MR) is 136 cm³/mol. The summed E-state index contributed by atoms with van der Waals surface area (Å²) in [6, 6.07) is 17.5. The Balaban J connectivity index is 1.65. The van der Waals surface area contributed by atoms with Crippen molar-refractivity contribution < 1.29 is 33.7 Å². The zero-order chi connectivity index (χ0) is 26.1. The summed E-state index contributed by atoms with van der Waals surface area (Å²) >= 11 is 0. The largest absolute Gasteiger partial charge is 0.507 e. The minimum absolute atomic E-state index is 0.0242. The first kappa shape index (κ1) is 24.1. The molecular weight excluding hydrogens is 474 g/mol. The Hall–Kier alpha value is -4.59. The molecular formula is C29H25NO7. The fraction of sp³-hybridized carbons (Fsp3) is 0.207. The number of amides is 1. The second-order valence-corrected chi connectivity index (χ2v) is 8.76. The molecule has 3 aromatic rings. The van der Waals surface area contributed by atoms with Gasteiger partial charge in [0, 0.05) is 11.3 Å². The van der Waals surface area contributed by atoms with Gasteiger partial charge >= 0.3 is 5.97 Å². The Bertz CT molecular complexity index is 1410. The predicted octanol–water partition coefficient (Wildman–Crippen LogP) is 4.43. The normalized spacial score (nSPS) is 18.2. The summed E-state index contributed by atoms with van der Waals surface area (Å²) in [5, 5.41) is 11.4. The number of fused-ring (bicyclic) bond motifs is 1. The van der Waals surface area contributed by atoms with E-state index in [-0.39, 0.29) is 11.3 Å². The molecule has 1 fully saturated rings. The van der Waals surface area contributed by atoms with Crippen molar-refractivity contribution in [3.8, 4) is 11.5 Å². The number of esters is 1. The van der Waals surface area contributed by atoms with Gasteiger partial charge in [-0.05, 0) is 78.6 Å². The molecule has 37 heavy (non-hydrogen) atoms. The van der Waals surface area contributed by atoms with Crippen LogP contribution in [0.1, 0.15) is 39.5 Å². The zero-order valence-corrected chi connectivity index (χ0v) is 20.4. The molecule has 1 saturated heterocycles. The van der Waals surface area contributed by atoms with E-state index in [9.17, 15) is 19.5 Å². The van der Waals surface area contributed by atoms with Gasteiger partial charge < -0.3 is 19.3 Å². The first-order chi connectivity index (χ1) is 17.9. The fourth-order valence-corrected chi connectivity index (χ4v) is 4.74. The molecule has 2 heterocycles. The van der Waals surface area contributed by atoms with E-state index in [4.69, 9.17) is 14.2 Å². The smallest absolute Gasteiger partial charge is 0.337 e. The number of methoxy groups -OCH3 is 2. The lowest BCUT2D eigenvalue weighted by Crippen LogP contribution is -2.29. The number of aliphatic hydroxyl groups excluding tert-OH is 1. The van der Waals surface area contributed by atoms with Crippen LogP contribution in [0.2, 0.25) is 0 Å². The summed E-state index contributed by atoms with van der Waals surface area (Å²) in [6.45, 7) is 0.635. The van der Waals surface area contributed by atoms with Crippen molar-refractivity contribution in [2.75, 3.05) is 25.7 Å². The first-order valence-corrected chi connectivity index (χ1v) is 11.8. The van der Waals surface area contributed by atoms with Crippen molar-refractivity contribution in [1.82, 2.24) is 0 Å². The number of ketones is 1. The SMILES string of the molecule is COC(=O)c1ccc(N2C(=O)C(=O)/C(=C(\O)c3ccc4c(c3)CCCO4)C2c2ccc(OC)cc2)cc1. The Morgan fingerprint density at radius 3 is 2.35 bits per heavy atom. The van der Waals surface area contributed by atoms with E-state index in [1.165, 1.54) is 24.1 Å². The highest BCUT2D eigenvalue weighted by Crippen LogP contribution is 2.43. The molecule has 1 atom stereocenters. The maximum Gasteiger partial charge on any atom is 0.337 e. The number of aliphatic hydroxyl groups is 1. The third-order valence-corrected chi connectivity index (χ3v) is 6.62. The van der Waals surface area contributed by atoms with Gasteiger partial charge in [0.05, 0.1) is 38.0 Å². The number of benzene rings is 3. The lowest BCUT2D eigenvalue weighted by atomic mass is 9.93. The van der Waals surface area contributed by atoms with Gasteiger partial charge in [0.25, 0.3) is 11.7 Å². The number of Topliss-reactive ketones (excluding diaryl/α,β-unsaturated/α-hetero) is 1. The molecule has 5 rings (SSSR count). The Kier molecular flexibility index (Phi) is 6.40. The van der Waals surface area contributed by atoms with E-state index in [0.29, 0.717) is 34.7 Å². The number of aryl methyl sites for hydroxylation is 1. The van der Waals surface area contributed by atoms with Gasteiger partial charge in [0.15, 0.2) is 0 Å². The van der Waals surface area contributed by atoms with Crippen molar-refractivity contribution in [3.63, 3.8) is 0 Å². The molecule has 0 radical (unpaired) electrons. The van der Waals surface area contributed by atoms with Crippen molar-refractivity contribution in [1.29, 1.82) is 0 Å². The molecule has 8 nitrogen and oxygen atoms in total. The maximum absolute atomic E-state index is 13.4. The second kappa shape index (κ2) is 9.81. The molecule has 188 valence electrons. The van der Waals surface area contributed by atoms with Crippen LogP contribution in [-0.2, 0) is 20.7 Å². The van der Waals surface area contributed by atoms with Crippen LogP contribution in [0.3, 0.4) is 0 Å². The van der Waals surface area contributed by atoms with E-state index in [2.05, 4.69) is 0 Å². The molecule has 0 aliphatic carbocycles. The van der Waals surface area contributed by atoms with Crippen LogP contribution in [-0.4, -0.2) is 43.6 Å². The van der Waals surface area contributed by atoms with Gasteiger partial charge in [-0.3, -0.25) is 14.5 Å². The molecule has 2 aliphatic heterocycles. The van der Waals surface area contributed by atoms with E-state index in [1.54, 1.807) is 61.7 Å². The molecule has 0 spiro atoms. The summed E-state index contributed by atoms with van der Waals surface area (Å²) in [6.07, 6.45) is 1.65. The highest BCUT2D eigenvalue weighted by atomic mass is 16.5. The summed E-state index contributed by atoms with van der Waals surface area (Å²) in [5.74, 6) is -1.00. The summed E-state index contributed by atoms with van der Waals surface area (Å²) in [4.78, 5) is 40.0. The maximum atomic E-state index is 13.4. The minimum atomic E-state index is -0.901. The Morgan fingerprint density at radius 2 is 1.68 bits per heavy atom. The van der Waals surface area contributed by atoms with Gasteiger partial charge in [-0.25, -0.2) is 4.79 Å². The number of hydrogen-bond donors (Lipinski definition) is 1. The van der Waals surface area contributed by atoms with E-state index in [1.807, 2.05) is 0 Å². The highest BCUT2D eigenvalue weighted by Gasteiger charge is 2.47. The molecule has 3 aromatic carbocycles. The van der Waals surface area contributed by atoms with Crippen LogP contribution in [0.4, 0.5) is 5.69 Å². The summed E-state index contributed by atoms with van der Waals surface area (Å²) in [5.41, 5.74) is 2.66. The number of carbonyl (C=O) groups excluding carboxylic acids is 3. The summed E-state index contributed by atoms with van der Waals surface area (Å²) < 4.78 is 15.7. The van der Waals surface area contributed by atoms with Gasteiger partial charge in [-0.2, -0.15) is 0 Å². The quantitative estimate of drug-likeness (QED) is 0.240. The van der Waals surface area contributed by atoms with Crippen molar-refractivity contribution in [2.24, 2.45) is 0 Å². The highest BCUT2D eigenvalue weighted by molar-refractivity contribution is 6.51. The molecule has 1 amide bonds. The number of anilines is 1. The van der Waals surface area contributed by atoms with Crippen molar-refractivity contribution >= 4 is 29.1 Å². The van der Waals surface area contributed by atoms with Crippen LogP contribution >= 0.6 is 0 Å². The number of ether oxygens (including phenoxy) is 3. The van der Waals surface area contributed by atoms with Crippen LogP contribution in [0.15, 0.2) is 72.3 Å². The summed E-state index contributed by atoms with van der Waals surface area (Å²) in [7, 11) is 2.83. The van der Waals surface area contributed by atoms with Gasteiger partial charge in [0.2, 0.25) is 0 Å². The number of carbonyl (C=O) groups is 3. The average Bonchev–Trinajstić information content (AvgIpc) is 3.21. The van der Waals surface area contributed by atoms with Crippen LogP contribution < -0.4 is 14.4 Å². The van der Waals surface area contributed by atoms with E-state index < -0.39 is 23.7 Å². The minimum Gasteiger partial charge on any atom is -0.507 e. The Labute approximate surface area is 213 Å². The van der Waals surface area contributed by atoms with Gasteiger partial charge in [0.1, 0.15) is 17.3 Å². The molecule has 0 bridgehead atoms. The van der Waals surface area contributed by atoms with Crippen LogP contribution in [0.25, 0.3) is 5.76 Å². The molecule has 2 aliphatic rings. The third-order valence-electron chi connectivity index (χ3n) is 6.62. The second-order valence-electron chi connectivity index (χ2n) is 8.76. The lowest BCUT2D eigenvalue weighted by molar-refractivity contribution is -0.132. The Morgan fingerprint density at radius 1 is 0.973 bits per heavy atom. The number of rotatable bonds is 5. The number of nitrogens with zero attached hydrogens (tertiary/aromatic N) is 1. The molecule has 0 aromatic heterocycles. The van der Waals surface area contributed by atoms with E-state index in [0.717, 1.165) is 24.2 Å². The molecule has 0 saturated carbocycles. The first-order valence-electron chi connectivity index (χ1n) is 11.8. The average molecular weight is 500 g/mol. The van der Waals surface area contributed by atoms with Gasteiger partial charge in [-0.1, -0.05) is 12.1 Å². The van der Waals surface area contributed by atoms with Crippen molar-refractivity contribution in [3.05, 3.63) is 94.6 Å². The molecule has 8 heteroatoms. The van der Waals surface area contributed by atoms with E-state index >= 15 is 0 Å². The van der Waals surface area contributed by atoms with Crippen molar-refractivity contribution in [2.45, 2.75) is 18.9 Å². The monoisotopic (exact) mass is 499 g/mol. The number of hydrogen-bond acceptors (Lipinski definition) is 7. The lowest BCUT2D eigenvalue weighted by Gasteiger charge is -2.26. The topological polar surface area (TPSA) is 102 Å². The zero-order valence-electron chi connectivity index (χ0n) is 20.4. The van der Waals surface area contributed by atoms with Gasteiger partial charge in [-0.15, -0.1) is 0 Å². The molecule has 1 unspecified atom stereocenters. The standard InChI is InChI=1S/C29H25NO7/c1-35-22-12-7-17(8-13-22)25-24(26(31)20-9-14-23-19(16-20)4-3-15-37-23)27(32)28(33)30(25)21-10-5-18(6-11-21)29(34)36-2/h5-14,16,25,31H,3-4,15H2,1-2H3/b26-24-. The van der Waals surface area contributed by atoms with Crippen LogP contribution in [0, 0.1) is 0 Å². The van der Waals surface area contributed by atoms with Crippen LogP contribution in [0.5, 0.6) is 11.5 Å². The molecule has 1 N–H and O–H groups in total. The fourth-order valence-electron chi connectivity index (χ4n) is 4.74.